The van der Waals surface area contributed by atoms with Crippen molar-refractivity contribution < 1.29 is 0 Å². The van der Waals surface area contributed by atoms with Gasteiger partial charge in [-0.2, -0.15) is 0 Å². The first-order chi connectivity index (χ1) is 9.75. The molecule has 0 bridgehead atoms. The fourth-order valence-electron chi connectivity index (χ4n) is 3.06. The first-order valence-electron chi connectivity index (χ1n) is 8.29. The van der Waals surface area contributed by atoms with Gasteiger partial charge in [-0.25, -0.2) is 0 Å². The van der Waals surface area contributed by atoms with Crippen molar-refractivity contribution in [3.8, 4) is 0 Å². The molecule has 0 aromatic carbocycles. The van der Waals surface area contributed by atoms with Crippen LogP contribution in [0.1, 0.15) is 56.4 Å². The molecule has 1 unspecified atom stereocenters. The molecule has 1 aromatic heterocycles. The summed E-state index contributed by atoms with van der Waals surface area (Å²) in [6.45, 7) is 18.5. The van der Waals surface area contributed by atoms with Crippen molar-refractivity contribution in [2.75, 3.05) is 13.1 Å². The van der Waals surface area contributed by atoms with Crippen molar-refractivity contribution in [3.05, 3.63) is 21.4 Å². The van der Waals surface area contributed by atoms with Crippen molar-refractivity contribution in [1.29, 1.82) is 0 Å². The van der Waals surface area contributed by atoms with E-state index in [2.05, 4.69) is 57.8 Å². The van der Waals surface area contributed by atoms with Crippen LogP contribution in [0.2, 0.25) is 0 Å². The zero-order chi connectivity index (χ0) is 15.6. The molecule has 1 aliphatic rings. The smallest absolute Gasteiger partial charge is 0.0302 e. The van der Waals surface area contributed by atoms with E-state index < -0.39 is 0 Å². The number of nitrogens with one attached hydrogen (secondary N) is 1. The summed E-state index contributed by atoms with van der Waals surface area (Å²) in [4.78, 5) is 5.61. The van der Waals surface area contributed by atoms with Crippen LogP contribution in [0, 0.1) is 18.3 Å². The fourth-order valence-corrected chi connectivity index (χ4v) is 4.07. The van der Waals surface area contributed by atoms with Crippen LogP contribution >= 0.6 is 11.3 Å². The summed E-state index contributed by atoms with van der Waals surface area (Å²) in [5.74, 6) is 0.846. The van der Waals surface area contributed by atoms with Crippen molar-refractivity contribution in [1.82, 2.24) is 10.2 Å². The predicted molar refractivity (Wildman–Crippen MR) is 93.9 cm³/mol. The van der Waals surface area contributed by atoms with Gasteiger partial charge in [-0.1, -0.05) is 34.6 Å². The van der Waals surface area contributed by atoms with Crippen LogP contribution in [0.15, 0.2) is 6.07 Å². The van der Waals surface area contributed by atoms with E-state index in [-0.39, 0.29) is 0 Å². The third-order valence-electron chi connectivity index (χ3n) is 4.65. The van der Waals surface area contributed by atoms with Gasteiger partial charge in [-0.05, 0) is 42.9 Å². The molecule has 1 aromatic rings. The molecular formula is C18H32N2S. The van der Waals surface area contributed by atoms with E-state index >= 15 is 0 Å². The standard InChI is InChI=1S/C18H32N2S/c1-13(2)19-10-17-9-15(14(3)21-17)11-20-8-7-16(12-20)18(4,5)6/h9,13,16,19H,7-8,10-12H2,1-6H3. The Labute approximate surface area is 134 Å². The Bertz CT molecular complexity index is 456. The van der Waals surface area contributed by atoms with Crippen molar-refractivity contribution >= 4 is 11.3 Å². The van der Waals surface area contributed by atoms with E-state index in [4.69, 9.17) is 0 Å². The Morgan fingerprint density at radius 2 is 2.10 bits per heavy atom. The normalized spacial score (nSPS) is 20.6. The van der Waals surface area contributed by atoms with Gasteiger partial charge in [0.25, 0.3) is 0 Å². The van der Waals surface area contributed by atoms with Gasteiger partial charge >= 0.3 is 0 Å². The van der Waals surface area contributed by atoms with Crippen LogP contribution in [0.3, 0.4) is 0 Å². The summed E-state index contributed by atoms with van der Waals surface area (Å²) in [6, 6.07) is 2.97. The lowest BCUT2D eigenvalue weighted by atomic mass is 9.80. The summed E-state index contributed by atoms with van der Waals surface area (Å²) in [6.07, 6.45) is 1.36. The van der Waals surface area contributed by atoms with E-state index in [1.165, 1.54) is 34.8 Å². The predicted octanol–water partition coefficient (Wildman–Crippen LogP) is 4.42. The Kier molecular flexibility index (Phi) is 5.50. The van der Waals surface area contributed by atoms with Gasteiger partial charge in [-0.15, -0.1) is 11.3 Å². The lowest BCUT2D eigenvalue weighted by molar-refractivity contribution is 0.226. The molecule has 0 spiro atoms. The molecular weight excluding hydrogens is 276 g/mol. The molecule has 0 radical (unpaired) electrons. The molecule has 2 nitrogen and oxygen atoms in total. The number of aryl methyl sites for hydroxylation is 1. The van der Waals surface area contributed by atoms with Crippen LogP contribution in [0.5, 0.6) is 0 Å². The third kappa shape index (κ3) is 4.80. The second-order valence-corrected chi connectivity index (χ2v) is 9.26. The van der Waals surface area contributed by atoms with E-state index in [0.29, 0.717) is 11.5 Å². The maximum Gasteiger partial charge on any atom is 0.0302 e. The van der Waals surface area contributed by atoms with Crippen molar-refractivity contribution in [2.45, 2.75) is 67.1 Å². The highest BCUT2D eigenvalue weighted by molar-refractivity contribution is 7.12. The topological polar surface area (TPSA) is 15.3 Å². The first-order valence-corrected chi connectivity index (χ1v) is 9.11. The molecule has 1 fully saturated rings. The highest BCUT2D eigenvalue weighted by Gasteiger charge is 2.31. The zero-order valence-electron chi connectivity index (χ0n) is 14.6. The number of hydrogen-bond donors (Lipinski definition) is 1. The van der Waals surface area contributed by atoms with Crippen molar-refractivity contribution in [3.63, 3.8) is 0 Å². The van der Waals surface area contributed by atoms with Crippen molar-refractivity contribution in [2.24, 2.45) is 11.3 Å². The third-order valence-corrected chi connectivity index (χ3v) is 5.74. The van der Waals surface area contributed by atoms with Crippen LogP contribution < -0.4 is 5.32 Å². The molecule has 0 amide bonds. The number of nitrogens with zero attached hydrogens (tertiary/aromatic N) is 1. The molecule has 1 saturated heterocycles. The van der Waals surface area contributed by atoms with Gasteiger partial charge < -0.3 is 5.32 Å². The highest BCUT2D eigenvalue weighted by Crippen LogP contribution is 2.34. The summed E-state index contributed by atoms with van der Waals surface area (Å²) in [5.41, 5.74) is 1.99. The van der Waals surface area contributed by atoms with E-state index in [9.17, 15) is 0 Å². The van der Waals surface area contributed by atoms with Crippen LogP contribution in [-0.4, -0.2) is 24.0 Å². The minimum absolute atomic E-state index is 0.449. The van der Waals surface area contributed by atoms with Crippen LogP contribution in [0.4, 0.5) is 0 Å². The van der Waals surface area contributed by atoms with Gasteiger partial charge in [0.1, 0.15) is 0 Å². The quantitative estimate of drug-likeness (QED) is 0.866. The first kappa shape index (κ1) is 17.0. The van der Waals surface area contributed by atoms with E-state index in [1.54, 1.807) is 0 Å². The SMILES string of the molecule is Cc1sc(CNC(C)C)cc1CN1CCC(C(C)(C)C)C1. The lowest BCUT2D eigenvalue weighted by Crippen LogP contribution is -2.25. The molecule has 1 atom stereocenters. The van der Waals surface area contributed by atoms with Gasteiger partial charge in [-0.3, -0.25) is 4.90 Å². The van der Waals surface area contributed by atoms with E-state index in [1.807, 2.05) is 11.3 Å². The zero-order valence-corrected chi connectivity index (χ0v) is 15.4. The number of likely N-dealkylation sites (tertiary alicyclic amines) is 1. The molecule has 1 aliphatic heterocycles. The van der Waals surface area contributed by atoms with E-state index in [0.717, 1.165) is 19.0 Å². The molecule has 120 valence electrons. The van der Waals surface area contributed by atoms with Gasteiger partial charge in [0, 0.05) is 35.4 Å². The Morgan fingerprint density at radius 3 is 2.67 bits per heavy atom. The minimum Gasteiger partial charge on any atom is -0.310 e. The monoisotopic (exact) mass is 308 g/mol. The Hall–Kier alpha value is -0.380. The second kappa shape index (κ2) is 6.80. The molecule has 2 heterocycles. The van der Waals surface area contributed by atoms with Gasteiger partial charge in [0.05, 0.1) is 0 Å². The lowest BCUT2D eigenvalue weighted by Gasteiger charge is -2.27. The van der Waals surface area contributed by atoms with Crippen LogP contribution in [-0.2, 0) is 13.1 Å². The summed E-state index contributed by atoms with van der Waals surface area (Å²) < 4.78 is 0. The Morgan fingerprint density at radius 1 is 1.38 bits per heavy atom. The maximum atomic E-state index is 3.52. The van der Waals surface area contributed by atoms with Gasteiger partial charge in [0.2, 0.25) is 0 Å². The van der Waals surface area contributed by atoms with Crippen LogP contribution in [0.25, 0.3) is 0 Å². The number of rotatable bonds is 5. The second-order valence-electron chi connectivity index (χ2n) is 7.92. The molecule has 0 saturated carbocycles. The molecule has 2 rings (SSSR count). The fraction of sp³-hybridized carbons (Fsp3) is 0.778. The Balaban J connectivity index is 1.92. The number of hydrogen-bond acceptors (Lipinski definition) is 3. The summed E-state index contributed by atoms with van der Waals surface area (Å²) in [7, 11) is 0. The molecule has 1 N–H and O–H groups in total. The summed E-state index contributed by atoms with van der Waals surface area (Å²) >= 11 is 1.96. The molecule has 21 heavy (non-hydrogen) atoms. The average molecular weight is 309 g/mol. The van der Waals surface area contributed by atoms with Gasteiger partial charge in [0.15, 0.2) is 0 Å². The largest absolute Gasteiger partial charge is 0.310 e. The maximum absolute atomic E-state index is 3.52. The summed E-state index contributed by atoms with van der Waals surface area (Å²) in [5, 5.41) is 3.52. The minimum atomic E-state index is 0.449. The molecule has 3 heteroatoms. The average Bonchev–Trinajstić information content (AvgIpc) is 2.95. The number of thiophene rings is 1. The highest BCUT2D eigenvalue weighted by atomic mass is 32.1. The molecule has 0 aliphatic carbocycles.